The van der Waals surface area contributed by atoms with E-state index >= 15 is 0 Å². The van der Waals surface area contributed by atoms with Crippen LogP contribution in [0.3, 0.4) is 0 Å². The fourth-order valence-electron chi connectivity index (χ4n) is 4.14. The van der Waals surface area contributed by atoms with E-state index in [1.54, 1.807) is 0 Å². The number of anilines is 1. The van der Waals surface area contributed by atoms with E-state index in [-0.39, 0.29) is 12.1 Å². The van der Waals surface area contributed by atoms with Crippen LogP contribution in [0.4, 0.5) is 5.69 Å². The summed E-state index contributed by atoms with van der Waals surface area (Å²) in [7, 11) is 0. The SMILES string of the molecule is Cc1ccc(N2C(=S)N[C@H](c3ccccn3)[C@H]2c2cccn2Cc2ccccn2)cc1. The van der Waals surface area contributed by atoms with Gasteiger partial charge >= 0.3 is 0 Å². The third-order valence-corrected chi connectivity index (χ3v) is 5.95. The van der Waals surface area contributed by atoms with Crippen molar-refractivity contribution in [1.82, 2.24) is 19.9 Å². The Morgan fingerprint density at radius 2 is 1.68 bits per heavy atom. The minimum Gasteiger partial charge on any atom is -0.351 e. The van der Waals surface area contributed by atoms with Crippen LogP contribution in [-0.2, 0) is 6.54 Å². The third kappa shape index (κ3) is 3.82. The van der Waals surface area contributed by atoms with Crippen molar-refractivity contribution in [2.24, 2.45) is 0 Å². The Morgan fingerprint density at radius 3 is 2.39 bits per heavy atom. The average molecular weight is 426 g/mol. The highest BCUT2D eigenvalue weighted by atomic mass is 32.1. The molecule has 0 amide bonds. The van der Waals surface area contributed by atoms with E-state index in [9.17, 15) is 0 Å². The molecular formula is C25H23N5S. The topological polar surface area (TPSA) is 46.0 Å². The number of pyridine rings is 2. The lowest BCUT2D eigenvalue weighted by Gasteiger charge is -2.29. The summed E-state index contributed by atoms with van der Waals surface area (Å²) in [5.74, 6) is 0. The molecule has 1 fully saturated rings. The molecule has 4 heterocycles. The van der Waals surface area contributed by atoms with E-state index in [0.29, 0.717) is 11.7 Å². The van der Waals surface area contributed by atoms with E-state index in [4.69, 9.17) is 12.2 Å². The first-order valence-electron chi connectivity index (χ1n) is 10.3. The lowest BCUT2D eigenvalue weighted by molar-refractivity contribution is 0.532. The molecule has 0 unspecified atom stereocenters. The molecule has 1 saturated heterocycles. The van der Waals surface area contributed by atoms with Gasteiger partial charge < -0.3 is 14.8 Å². The Kier molecular flexibility index (Phi) is 5.22. The number of aromatic nitrogens is 3. The van der Waals surface area contributed by atoms with Gasteiger partial charge in [0.05, 0.1) is 24.0 Å². The van der Waals surface area contributed by atoms with E-state index in [2.05, 4.69) is 86.4 Å². The first-order chi connectivity index (χ1) is 15.2. The molecule has 0 radical (unpaired) electrons. The van der Waals surface area contributed by atoms with E-state index < -0.39 is 0 Å². The van der Waals surface area contributed by atoms with Crippen LogP contribution >= 0.6 is 12.2 Å². The van der Waals surface area contributed by atoms with Gasteiger partial charge in [-0.15, -0.1) is 0 Å². The summed E-state index contributed by atoms with van der Waals surface area (Å²) in [6.45, 7) is 2.79. The Hall–Kier alpha value is -3.51. The maximum Gasteiger partial charge on any atom is 0.174 e. The van der Waals surface area contributed by atoms with Crippen LogP contribution < -0.4 is 10.2 Å². The Balaban J connectivity index is 1.60. The molecule has 154 valence electrons. The zero-order valence-electron chi connectivity index (χ0n) is 17.2. The molecule has 0 bridgehead atoms. The highest BCUT2D eigenvalue weighted by Crippen LogP contribution is 2.41. The molecule has 2 atom stereocenters. The van der Waals surface area contributed by atoms with Gasteiger partial charge in [-0.05, 0) is 67.7 Å². The van der Waals surface area contributed by atoms with Gasteiger partial charge in [-0.2, -0.15) is 0 Å². The zero-order valence-corrected chi connectivity index (χ0v) is 18.0. The number of nitrogens with one attached hydrogen (secondary N) is 1. The van der Waals surface area contributed by atoms with Crippen molar-refractivity contribution in [2.75, 3.05) is 4.90 Å². The van der Waals surface area contributed by atoms with Crippen LogP contribution in [-0.4, -0.2) is 19.6 Å². The van der Waals surface area contributed by atoms with Gasteiger partial charge in [0.25, 0.3) is 0 Å². The normalized spacial score (nSPS) is 18.2. The second-order valence-electron chi connectivity index (χ2n) is 7.71. The summed E-state index contributed by atoms with van der Waals surface area (Å²) < 4.78 is 2.25. The standard InChI is InChI=1S/C25H23N5S/c1-18-10-12-20(13-11-18)30-24(23(28-25(30)31)21-8-3-5-15-27-21)22-9-6-16-29(22)17-19-7-2-4-14-26-19/h2-16,23-24H,17H2,1H3,(H,28,31)/t23-,24-/m1/s1. The minimum absolute atomic E-state index is 0.0381. The number of thiocarbonyl (C=S) groups is 1. The van der Waals surface area contributed by atoms with Crippen molar-refractivity contribution >= 4 is 23.0 Å². The van der Waals surface area contributed by atoms with Gasteiger partial charge in [0.15, 0.2) is 5.11 Å². The Bertz CT molecular complexity index is 1170. The molecule has 5 rings (SSSR count). The second kappa shape index (κ2) is 8.32. The highest BCUT2D eigenvalue weighted by molar-refractivity contribution is 7.80. The smallest absolute Gasteiger partial charge is 0.174 e. The summed E-state index contributed by atoms with van der Waals surface area (Å²) >= 11 is 5.82. The van der Waals surface area contributed by atoms with Gasteiger partial charge in [0.1, 0.15) is 6.04 Å². The van der Waals surface area contributed by atoms with Crippen LogP contribution in [0, 0.1) is 6.92 Å². The molecule has 1 aliphatic heterocycles. The molecule has 1 aromatic carbocycles. The summed E-state index contributed by atoms with van der Waals surface area (Å²) in [6.07, 6.45) is 5.77. The monoisotopic (exact) mass is 425 g/mol. The predicted octanol–water partition coefficient (Wildman–Crippen LogP) is 4.81. The van der Waals surface area contributed by atoms with Crippen molar-refractivity contribution in [3.05, 3.63) is 114 Å². The highest BCUT2D eigenvalue weighted by Gasteiger charge is 2.41. The average Bonchev–Trinajstić information content (AvgIpc) is 3.39. The Morgan fingerprint density at radius 1 is 0.903 bits per heavy atom. The van der Waals surface area contributed by atoms with Crippen LogP contribution in [0.2, 0.25) is 0 Å². The van der Waals surface area contributed by atoms with Crippen molar-refractivity contribution in [1.29, 1.82) is 0 Å². The van der Waals surface area contributed by atoms with Crippen LogP contribution in [0.1, 0.15) is 34.7 Å². The number of hydrogen-bond donors (Lipinski definition) is 1. The van der Waals surface area contributed by atoms with Crippen LogP contribution in [0.5, 0.6) is 0 Å². The molecule has 4 aromatic rings. The maximum atomic E-state index is 5.82. The quantitative estimate of drug-likeness (QED) is 0.465. The molecule has 5 nitrogen and oxygen atoms in total. The van der Waals surface area contributed by atoms with Crippen LogP contribution in [0.25, 0.3) is 0 Å². The first-order valence-corrected chi connectivity index (χ1v) is 10.7. The van der Waals surface area contributed by atoms with Gasteiger partial charge in [-0.25, -0.2) is 0 Å². The predicted molar refractivity (Wildman–Crippen MR) is 127 cm³/mol. The summed E-state index contributed by atoms with van der Waals surface area (Å²) in [6, 6.07) is 24.7. The first kappa shape index (κ1) is 19.5. The van der Waals surface area contributed by atoms with Gasteiger partial charge in [0.2, 0.25) is 0 Å². The molecule has 1 N–H and O–H groups in total. The molecule has 0 saturated carbocycles. The van der Waals surface area contributed by atoms with Gasteiger partial charge in [0, 0.05) is 30.0 Å². The van der Waals surface area contributed by atoms with Crippen molar-refractivity contribution in [3.63, 3.8) is 0 Å². The Labute approximate surface area is 187 Å². The summed E-state index contributed by atoms with van der Waals surface area (Å²) in [5, 5.41) is 4.23. The van der Waals surface area contributed by atoms with E-state index in [1.165, 1.54) is 5.56 Å². The fraction of sp³-hybridized carbons (Fsp3) is 0.160. The third-order valence-electron chi connectivity index (χ3n) is 5.64. The molecular weight excluding hydrogens is 402 g/mol. The number of rotatable bonds is 5. The fourth-order valence-corrected chi connectivity index (χ4v) is 4.49. The molecule has 0 aliphatic carbocycles. The van der Waals surface area contributed by atoms with E-state index in [1.807, 2.05) is 36.7 Å². The number of nitrogens with zero attached hydrogens (tertiary/aromatic N) is 4. The lowest BCUT2D eigenvalue weighted by atomic mass is 10.0. The maximum absolute atomic E-state index is 5.82. The van der Waals surface area contributed by atoms with Crippen molar-refractivity contribution in [3.8, 4) is 0 Å². The lowest BCUT2D eigenvalue weighted by Crippen LogP contribution is -2.30. The zero-order chi connectivity index (χ0) is 21.2. The van der Waals surface area contributed by atoms with E-state index in [0.717, 1.165) is 22.8 Å². The minimum atomic E-state index is -0.0626. The molecule has 0 spiro atoms. The largest absolute Gasteiger partial charge is 0.351 e. The van der Waals surface area contributed by atoms with Gasteiger partial charge in [-0.1, -0.05) is 29.8 Å². The number of hydrogen-bond acceptors (Lipinski definition) is 3. The van der Waals surface area contributed by atoms with Gasteiger partial charge in [-0.3, -0.25) is 9.97 Å². The van der Waals surface area contributed by atoms with Crippen LogP contribution in [0.15, 0.2) is 91.4 Å². The molecule has 31 heavy (non-hydrogen) atoms. The summed E-state index contributed by atoms with van der Waals surface area (Å²) in [5.41, 5.74) is 5.43. The molecule has 1 aliphatic rings. The van der Waals surface area contributed by atoms with Crippen molar-refractivity contribution < 1.29 is 0 Å². The second-order valence-corrected chi connectivity index (χ2v) is 8.10. The number of benzene rings is 1. The molecule has 6 heteroatoms. The summed E-state index contributed by atoms with van der Waals surface area (Å²) in [4.78, 5) is 11.4. The number of aryl methyl sites for hydroxylation is 1. The molecule has 3 aromatic heterocycles. The van der Waals surface area contributed by atoms with Crippen molar-refractivity contribution in [2.45, 2.75) is 25.6 Å².